The summed E-state index contributed by atoms with van der Waals surface area (Å²) in [6.07, 6.45) is 0. The molecule has 0 bridgehead atoms. The first-order valence-corrected chi connectivity index (χ1v) is 7.07. The molecule has 1 heterocycles. The Labute approximate surface area is 153 Å². The summed E-state index contributed by atoms with van der Waals surface area (Å²) < 4.78 is 1.75. The van der Waals surface area contributed by atoms with Crippen LogP contribution in [0, 0.1) is 5.25 Å². The van der Waals surface area contributed by atoms with Gasteiger partial charge in [-0.3, -0.25) is 0 Å². The Balaban J connectivity index is 0.00000161. The van der Waals surface area contributed by atoms with E-state index in [-0.39, 0.29) is 32.7 Å². The molecule has 0 N–H and O–H groups in total. The second kappa shape index (κ2) is 7.73. The average Bonchev–Trinajstić information content (AvgIpc) is 2.97. The predicted octanol–water partition coefficient (Wildman–Crippen LogP) is 3.35. The zero-order valence-corrected chi connectivity index (χ0v) is 15.2. The summed E-state index contributed by atoms with van der Waals surface area (Å²) in [6, 6.07) is 20.1. The van der Waals surface area contributed by atoms with E-state index in [1.807, 2.05) is 48.5 Å². The SMILES string of the molecule is C[C-](Sc1nnnn1-c1ccccc1)c1ccccc1.[Y]. The van der Waals surface area contributed by atoms with E-state index in [9.17, 15) is 0 Å². The molecule has 21 heavy (non-hydrogen) atoms. The number of para-hydroxylation sites is 1. The fourth-order valence-electron chi connectivity index (χ4n) is 1.84. The van der Waals surface area contributed by atoms with Gasteiger partial charge in [-0.05, 0) is 22.6 Å². The van der Waals surface area contributed by atoms with Crippen LogP contribution < -0.4 is 0 Å². The molecule has 0 amide bonds. The van der Waals surface area contributed by atoms with E-state index in [1.165, 1.54) is 5.56 Å². The molecule has 0 fully saturated rings. The predicted molar refractivity (Wildman–Crippen MR) is 79.5 cm³/mol. The van der Waals surface area contributed by atoms with Crippen molar-refractivity contribution >= 4 is 11.8 Å². The molecule has 0 saturated carbocycles. The van der Waals surface area contributed by atoms with Crippen LogP contribution in [0.15, 0.2) is 65.8 Å². The number of hydrogen-bond donors (Lipinski definition) is 0. The van der Waals surface area contributed by atoms with Crippen molar-refractivity contribution in [3.05, 3.63) is 71.5 Å². The summed E-state index contributed by atoms with van der Waals surface area (Å²) in [7, 11) is 0. The Bertz CT molecular complexity index is 672. The third-order valence-electron chi connectivity index (χ3n) is 2.87. The van der Waals surface area contributed by atoms with Gasteiger partial charge in [0, 0.05) is 32.7 Å². The van der Waals surface area contributed by atoms with Gasteiger partial charge < -0.3 is 0 Å². The minimum absolute atomic E-state index is 0. The first-order valence-electron chi connectivity index (χ1n) is 6.25. The van der Waals surface area contributed by atoms with Crippen LogP contribution in [0.4, 0.5) is 0 Å². The number of benzene rings is 2. The molecule has 2 aromatic carbocycles. The molecule has 0 aliphatic heterocycles. The van der Waals surface area contributed by atoms with E-state index >= 15 is 0 Å². The molecule has 3 rings (SSSR count). The zero-order valence-electron chi connectivity index (χ0n) is 11.5. The Morgan fingerprint density at radius 2 is 1.57 bits per heavy atom. The van der Waals surface area contributed by atoms with Crippen molar-refractivity contribution in [1.82, 2.24) is 20.2 Å². The third-order valence-corrected chi connectivity index (χ3v) is 3.85. The summed E-state index contributed by atoms with van der Waals surface area (Å²) in [5.74, 6) is 0. The van der Waals surface area contributed by atoms with E-state index in [0.717, 1.165) is 16.1 Å². The smallest absolute Gasteiger partial charge is 0.188 e. The van der Waals surface area contributed by atoms with E-state index in [4.69, 9.17) is 0 Å². The van der Waals surface area contributed by atoms with Crippen LogP contribution in [0.3, 0.4) is 0 Å². The normalized spacial score (nSPS) is 9.95. The molecule has 0 aliphatic rings. The maximum Gasteiger partial charge on any atom is 0.206 e. The monoisotopic (exact) mass is 370 g/mol. The maximum atomic E-state index is 4.10. The molecular formula is C15H13N4SY-. The summed E-state index contributed by atoms with van der Waals surface area (Å²) >= 11 is 1.57. The Hall–Kier alpha value is -1.17. The van der Waals surface area contributed by atoms with Gasteiger partial charge in [0.15, 0.2) is 0 Å². The summed E-state index contributed by atoms with van der Waals surface area (Å²) in [6.45, 7) is 2.07. The number of nitrogens with zero attached hydrogens (tertiary/aromatic N) is 4. The van der Waals surface area contributed by atoms with E-state index in [2.05, 4.69) is 34.6 Å². The molecule has 0 spiro atoms. The Morgan fingerprint density at radius 1 is 0.952 bits per heavy atom. The molecule has 6 heteroatoms. The molecule has 0 aliphatic carbocycles. The average molecular weight is 370 g/mol. The van der Waals surface area contributed by atoms with Crippen molar-refractivity contribution in [1.29, 1.82) is 0 Å². The van der Waals surface area contributed by atoms with Crippen molar-refractivity contribution < 1.29 is 32.7 Å². The summed E-state index contributed by atoms with van der Waals surface area (Å²) in [4.78, 5) is 0. The largest absolute Gasteiger partial charge is 0.206 e. The molecule has 103 valence electrons. The van der Waals surface area contributed by atoms with Crippen molar-refractivity contribution in [3.63, 3.8) is 0 Å². The molecule has 0 atom stereocenters. The number of hydrogen-bond acceptors (Lipinski definition) is 4. The molecule has 4 nitrogen and oxygen atoms in total. The molecule has 0 saturated heterocycles. The fraction of sp³-hybridized carbons (Fsp3) is 0.0667. The number of tetrazole rings is 1. The summed E-state index contributed by atoms with van der Waals surface area (Å²) in [5.41, 5.74) is 2.14. The zero-order chi connectivity index (χ0) is 13.8. The van der Waals surface area contributed by atoms with Crippen LogP contribution >= 0.6 is 11.8 Å². The summed E-state index contributed by atoms with van der Waals surface area (Å²) in [5, 5.41) is 13.9. The van der Waals surface area contributed by atoms with Crippen LogP contribution in [0.2, 0.25) is 0 Å². The minimum Gasteiger partial charge on any atom is -0.188 e. The second-order valence-corrected chi connectivity index (χ2v) is 5.41. The van der Waals surface area contributed by atoms with Crippen molar-refractivity contribution in [2.24, 2.45) is 0 Å². The first-order chi connectivity index (χ1) is 9.84. The topological polar surface area (TPSA) is 43.6 Å². The van der Waals surface area contributed by atoms with Crippen LogP contribution in [-0.4, -0.2) is 20.2 Å². The van der Waals surface area contributed by atoms with Crippen LogP contribution in [0.1, 0.15) is 12.5 Å². The fourth-order valence-corrected chi connectivity index (χ4v) is 2.68. The van der Waals surface area contributed by atoms with Gasteiger partial charge in [0.1, 0.15) is 0 Å². The van der Waals surface area contributed by atoms with Gasteiger partial charge in [0.2, 0.25) is 5.16 Å². The number of aromatic nitrogens is 4. The molecule has 1 aromatic heterocycles. The quantitative estimate of drug-likeness (QED) is 0.522. The Kier molecular flexibility index (Phi) is 5.97. The van der Waals surface area contributed by atoms with E-state index in [0.29, 0.717) is 0 Å². The maximum absolute atomic E-state index is 4.10. The molecule has 1 radical (unpaired) electrons. The van der Waals surface area contributed by atoms with Gasteiger partial charge in [-0.25, -0.2) is 0 Å². The van der Waals surface area contributed by atoms with Crippen molar-refractivity contribution in [2.45, 2.75) is 12.1 Å². The van der Waals surface area contributed by atoms with Gasteiger partial charge >= 0.3 is 0 Å². The van der Waals surface area contributed by atoms with Crippen molar-refractivity contribution in [2.75, 3.05) is 0 Å². The van der Waals surface area contributed by atoms with E-state index < -0.39 is 0 Å². The van der Waals surface area contributed by atoms with Gasteiger partial charge in [-0.2, -0.15) is 22.4 Å². The number of rotatable bonds is 4. The van der Waals surface area contributed by atoms with Gasteiger partial charge in [-0.15, -0.1) is 34.2 Å². The van der Waals surface area contributed by atoms with Gasteiger partial charge in [0.25, 0.3) is 0 Å². The van der Waals surface area contributed by atoms with Crippen LogP contribution in [-0.2, 0) is 32.7 Å². The molecule has 3 aromatic rings. The number of thioether (sulfide) groups is 1. The Morgan fingerprint density at radius 3 is 2.24 bits per heavy atom. The third kappa shape index (κ3) is 3.93. The van der Waals surface area contributed by atoms with Gasteiger partial charge in [-0.1, -0.05) is 31.2 Å². The first kappa shape index (κ1) is 16.2. The molecule has 0 unspecified atom stereocenters. The second-order valence-electron chi connectivity index (χ2n) is 4.23. The molecular weight excluding hydrogens is 357 g/mol. The standard InChI is InChI=1S/C15H13N4S.Y/c1-12(13-8-4-2-5-9-13)20-15-16-17-18-19(15)14-10-6-3-7-11-14;/h2-11H,1H3;/q-1;. The van der Waals surface area contributed by atoms with Crippen LogP contribution in [0.25, 0.3) is 5.69 Å². The van der Waals surface area contributed by atoms with Gasteiger partial charge in [0.05, 0.1) is 5.69 Å². The minimum atomic E-state index is 0. The van der Waals surface area contributed by atoms with E-state index in [1.54, 1.807) is 16.4 Å². The van der Waals surface area contributed by atoms with Crippen molar-refractivity contribution in [3.8, 4) is 5.69 Å². The van der Waals surface area contributed by atoms with Crippen LogP contribution in [0.5, 0.6) is 0 Å².